The van der Waals surface area contributed by atoms with Gasteiger partial charge >= 0.3 is 0 Å². The molecule has 1 aromatic heterocycles. The number of ether oxygens (including phenoxy) is 1. The topological polar surface area (TPSA) is 75.6 Å². The molecule has 1 aliphatic rings. The number of thiophene rings is 1. The normalized spacial score (nSPS) is 17.5. The molecule has 130 valence electrons. The summed E-state index contributed by atoms with van der Waals surface area (Å²) < 4.78 is 33.0. The Bertz CT molecular complexity index is 813. The fourth-order valence-electron chi connectivity index (χ4n) is 2.85. The largest absolute Gasteiger partial charge is 0.497 e. The first-order chi connectivity index (χ1) is 11.4. The van der Waals surface area contributed by atoms with Crippen LogP contribution in [-0.2, 0) is 15.6 Å². The smallest absolute Gasteiger partial charge is 0.240 e. The van der Waals surface area contributed by atoms with Gasteiger partial charge in [-0.1, -0.05) is 6.07 Å². The van der Waals surface area contributed by atoms with Crippen LogP contribution in [0.5, 0.6) is 5.75 Å². The third-order valence-electron chi connectivity index (χ3n) is 4.40. The molecule has 3 rings (SSSR count). The average Bonchev–Trinajstić information content (AvgIpc) is 3.27. The number of nitrogens with one attached hydrogen (secondary N) is 1. The van der Waals surface area contributed by atoms with Crippen molar-refractivity contribution in [1.82, 2.24) is 4.72 Å². The van der Waals surface area contributed by atoms with Gasteiger partial charge in [0.15, 0.2) is 0 Å². The zero-order valence-electron chi connectivity index (χ0n) is 13.7. The highest BCUT2D eigenvalue weighted by molar-refractivity contribution is 7.89. The van der Waals surface area contributed by atoms with Crippen molar-refractivity contribution in [3.63, 3.8) is 0 Å². The second-order valence-electron chi connectivity index (χ2n) is 6.13. The van der Waals surface area contributed by atoms with Crippen LogP contribution in [0.3, 0.4) is 0 Å². The second-order valence-corrected chi connectivity index (χ2v) is 8.81. The van der Waals surface area contributed by atoms with E-state index in [1.54, 1.807) is 19.1 Å². The lowest BCUT2D eigenvalue weighted by molar-refractivity contribution is 0.0222. The molecule has 1 aromatic carbocycles. The minimum atomic E-state index is -3.71. The van der Waals surface area contributed by atoms with Gasteiger partial charge in [-0.3, -0.25) is 0 Å². The maximum Gasteiger partial charge on any atom is 0.240 e. The average molecular weight is 367 g/mol. The summed E-state index contributed by atoms with van der Waals surface area (Å²) in [7, 11) is -2.17. The summed E-state index contributed by atoms with van der Waals surface area (Å²) in [4.78, 5) is 1.01. The monoisotopic (exact) mass is 367 g/mol. The van der Waals surface area contributed by atoms with Gasteiger partial charge in [0.05, 0.1) is 12.0 Å². The summed E-state index contributed by atoms with van der Waals surface area (Å²) >= 11 is 1.45. The van der Waals surface area contributed by atoms with E-state index in [1.807, 2.05) is 17.5 Å². The first kappa shape index (κ1) is 17.4. The number of aryl methyl sites for hydroxylation is 1. The number of aliphatic hydroxyl groups is 1. The molecule has 0 aliphatic heterocycles. The molecule has 1 aliphatic carbocycles. The van der Waals surface area contributed by atoms with Gasteiger partial charge in [0.2, 0.25) is 10.0 Å². The Hall–Kier alpha value is -1.41. The Balaban J connectivity index is 1.82. The standard InChI is InChI=1S/C17H21NO4S2/c1-12-10-14(22-2)7-8-15(12)24(20,21)18-11-17(19,13-5-6-13)16-4-3-9-23-16/h3-4,7-10,13,18-19H,5-6,11H2,1-2H3/t17-/m1/s1. The van der Waals surface area contributed by atoms with Crippen LogP contribution >= 0.6 is 11.3 Å². The van der Waals surface area contributed by atoms with Gasteiger partial charge < -0.3 is 9.84 Å². The number of rotatable bonds is 7. The number of methoxy groups -OCH3 is 1. The zero-order chi connectivity index (χ0) is 17.4. The van der Waals surface area contributed by atoms with E-state index in [0.29, 0.717) is 11.3 Å². The highest BCUT2D eigenvalue weighted by Gasteiger charge is 2.46. The first-order valence-electron chi connectivity index (χ1n) is 7.77. The zero-order valence-corrected chi connectivity index (χ0v) is 15.3. The van der Waals surface area contributed by atoms with E-state index in [-0.39, 0.29) is 17.4 Å². The molecule has 0 radical (unpaired) electrons. The first-order valence-corrected chi connectivity index (χ1v) is 10.1. The Kier molecular flexibility index (Phi) is 4.70. The minimum absolute atomic E-state index is 0.0218. The number of sulfonamides is 1. The molecular weight excluding hydrogens is 346 g/mol. The van der Waals surface area contributed by atoms with E-state index < -0.39 is 15.6 Å². The van der Waals surface area contributed by atoms with E-state index in [9.17, 15) is 13.5 Å². The fourth-order valence-corrected chi connectivity index (χ4v) is 5.05. The van der Waals surface area contributed by atoms with Crippen molar-refractivity contribution in [3.8, 4) is 5.75 Å². The van der Waals surface area contributed by atoms with Crippen molar-refractivity contribution in [2.45, 2.75) is 30.3 Å². The number of hydrogen-bond donors (Lipinski definition) is 2. The molecule has 0 saturated heterocycles. The van der Waals surface area contributed by atoms with Crippen molar-refractivity contribution >= 4 is 21.4 Å². The van der Waals surface area contributed by atoms with Crippen molar-refractivity contribution in [2.24, 2.45) is 5.92 Å². The fraction of sp³-hybridized carbons (Fsp3) is 0.412. The van der Waals surface area contributed by atoms with Gasteiger partial charge in [-0.25, -0.2) is 13.1 Å². The highest BCUT2D eigenvalue weighted by Crippen LogP contribution is 2.46. The maximum absolute atomic E-state index is 12.7. The van der Waals surface area contributed by atoms with Gasteiger partial charge in [-0.15, -0.1) is 11.3 Å². The minimum Gasteiger partial charge on any atom is -0.497 e. The quantitative estimate of drug-likeness (QED) is 0.789. The predicted molar refractivity (Wildman–Crippen MR) is 93.9 cm³/mol. The molecule has 7 heteroatoms. The highest BCUT2D eigenvalue weighted by atomic mass is 32.2. The SMILES string of the molecule is COc1ccc(S(=O)(=O)NC[C@](O)(c2cccs2)C2CC2)c(C)c1. The summed E-state index contributed by atoms with van der Waals surface area (Å²) in [6, 6.07) is 8.55. The molecule has 1 heterocycles. The van der Waals surface area contributed by atoms with E-state index in [4.69, 9.17) is 4.74 Å². The second kappa shape index (κ2) is 6.48. The molecule has 2 N–H and O–H groups in total. The Morgan fingerprint density at radius 2 is 2.12 bits per heavy atom. The van der Waals surface area contributed by atoms with Crippen molar-refractivity contribution in [2.75, 3.05) is 13.7 Å². The molecule has 0 amide bonds. The molecule has 1 saturated carbocycles. The van der Waals surface area contributed by atoms with Gasteiger partial charge in [-0.2, -0.15) is 0 Å². The van der Waals surface area contributed by atoms with Crippen LogP contribution in [0.2, 0.25) is 0 Å². The third kappa shape index (κ3) is 3.35. The van der Waals surface area contributed by atoms with Crippen molar-refractivity contribution < 1.29 is 18.3 Å². The maximum atomic E-state index is 12.7. The Morgan fingerprint density at radius 3 is 2.67 bits per heavy atom. The number of benzene rings is 1. The van der Waals surface area contributed by atoms with Crippen LogP contribution in [-0.4, -0.2) is 27.2 Å². The molecule has 0 spiro atoms. The molecule has 0 bridgehead atoms. The van der Waals surface area contributed by atoms with E-state index in [2.05, 4.69) is 4.72 Å². The summed E-state index contributed by atoms with van der Waals surface area (Å²) in [6.07, 6.45) is 1.83. The van der Waals surface area contributed by atoms with Gasteiger partial charge in [0, 0.05) is 11.4 Å². The van der Waals surface area contributed by atoms with Crippen LogP contribution in [0.15, 0.2) is 40.6 Å². The van der Waals surface area contributed by atoms with Crippen molar-refractivity contribution in [1.29, 1.82) is 0 Å². The van der Waals surface area contributed by atoms with Gasteiger partial charge in [0.25, 0.3) is 0 Å². The Morgan fingerprint density at radius 1 is 1.38 bits per heavy atom. The molecule has 5 nitrogen and oxygen atoms in total. The predicted octanol–water partition coefficient (Wildman–Crippen LogP) is 2.64. The Labute approximate surface area is 146 Å². The van der Waals surface area contributed by atoms with Crippen LogP contribution in [0.25, 0.3) is 0 Å². The summed E-state index contributed by atoms with van der Waals surface area (Å²) in [6.45, 7) is 1.70. The summed E-state index contributed by atoms with van der Waals surface area (Å²) in [5.41, 5.74) is -0.533. The molecule has 1 fully saturated rings. The third-order valence-corrected chi connectivity index (χ3v) is 7.00. The van der Waals surface area contributed by atoms with Crippen LogP contribution in [0, 0.1) is 12.8 Å². The van der Waals surface area contributed by atoms with Gasteiger partial charge in [-0.05, 0) is 60.9 Å². The lowest BCUT2D eigenvalue weighted by Gasteiger charge is -2.27. The lowest BCUT2D eigenvalue weighted by atomic mass is 9.96. The lowest BCUT2D eigenvalue weighted by Crippen LogP contribution is -2.42. The van der Waals surface area contributed by atoms with Crippen LogP contribution in [0.4, 0.5) is 0 Å². The van der Waals surface area contributed by atoms with E-state index in [0.717, 1.165) is 17.7 Å². The summed E-state index contributed by atoms with van der Waals surface area (Å²) in [5.74, 6) is 0.718. The molecule has 2 aromatic rings. The summed E-state index contributed by atoms with van der Waals surface area (Å²) in [5, 5.41) is 12.9. The van der Waals surface area contributed by atoms with Gasteiger partial charge in [0.1, 0.15) is 11.4 Å². The van der Waals surface area contributed by atoms with E-state index in [1.165, 1.54) is 24.5 Å². The molecule has 24 heavy (non-hydrogen) atoms. The van der Waals surface area contributed by atoms with E-state index >= 15 is 0 Å². The molecule has 0 unspecified atom stereocenters. The molecule has 1 atom stereocenters. The molecular formula is C17H21NO4S2. The number of hydrogen-bond acceptors (Lipinski definition) is 5. The van der Waals surface area contributed by atoms with Crippen LogP contribution in [0.1, 0.15) is 23.3 Å². The van der Waals surface area contributed by atoms with Crippen LogP contribution < -0.4 is 9.46 Å². The van der Waals surface area contributed by atoms with Crippen molar-refractivity contribution in [3.05, 3.63) is 46.2 Å².